The number of piperazine rings is 1. The minimum atomic E-state index is -4.67. The van der Waals surface area contributed by atoms with Crippen molar-refractivity contribution in [3.63, 3.8) is 0 Å². The second-order valence-electron chi connectivity index (χ2n) is 5.83. The third-order valence-corrected chi connectivity index (χ3v) is 5.64. The lowest BCUT2D eigenvalue weighted by atomic mass is 10.0. The van der Waals surface area contributed by atoms with Crippen molar-refractivity contribution in [2.24, 2.45) is 0 Å². The molecule has 1 aromatic carbocycles. The summed E-state index contributed by atoms with van der Waals surface area (Å²) >= 11 is 0. The summed E-state index contributed by atoms with van der Waals surface area (Å²) in [5.74, 6) is -3.78. The van der Waals surface area contributed by atoms with E-state index in [9.17, 15) is 22.0 Å². The highest BCUT2D eigenvalue weighted by Crippen LogP contribution is 2.25. The molecule has 1 unspecified atom stereocenters. The zero-order valence-electron chi connectivity index (χ0n) is 13.7. The van der Waals surface area contributed by atoms with E-state index >= 15 is 0 Å². The highest BCUT2D eigenvalue weighted by molar-refractivity contribution is 7.91. The predicted octanol–water partition coefficient (Wildman–Crippen LogP) is 1.86. The molecule has 1 atom stereocenters. The van der Waals surface area contributed by atoms with Gasteiger partial charge in [0, 0.05) is 37.6 Å². The number of sulfone groups is 1. The van der Waals surface area contributed by atoms with Crippen LogP contribution in [0, 0.1) is 0 Å². The van der Waals surface area contributed by atoms with Crippen molar-refractivity contribution in [1.29, 1.82) is 0 Å². The van der Waals surface area contributed by atoms with Crippen LogP contribution in [0.15, 0.2) is 53.7 Å². The fourth-order valence-corrected chi connectivity index (χ4v) is 3.60. The Morgan fingerprint density at radius 3 is 2.58 bits per heavy atom. The molecule has 0 saturated carbocycles. The smallest absolute Gasteiger partial charge is 0.329 e. The van der Waals surface area contributed by atoms with E-state index in [-0.39, 0.29) is 17.5 Å². The fraction of sp³-hybridized carbons (Fsp3) is 0.294. The Bertz CT molecular complexity index is 874. The first-order valence-corrected chi connectivity index (χ1v) is 9.49. The second-order valence-corrected chi connectivity index (χ2v) is 7.75. The summed E-state index contributed by atoms with van der Waals surface area (Å²) in [6, 6.07) is 8.06. The van der Waals surface area contributed by atoms with Gasteiger partial charge < -0.3 is 10.2 Å². The monoisotopic (exact) mass is 381 g/mol. The van der Waals surface area contributed by atoms with Gasteiger partial charge in [-0.15, -0.1) is 0 Å². The highest BCUT2D eigenvalue weighted by atomic mass is 32.2. The molecule has 26 heavy (non-hydrogen) atoms. The van der Waals surface area contributed by atoms with E-state index in [0.29, 0.717) is 19.6 Å². The molecule has 1 fully saturated rings. The first kappa shape index (κ1) is 18.4. The topological polar surface area (TPSA) is 79.4 Å². The second kappa shape index (κ2) is 7.46. The quantitative estimate of drug-likeness (QED) is 0.875. The lowest BCUT2D eigenvalue weighted by Gasteiger charge is -2.36. The summed E-state index contributed by atoms with van der Waals surface area (Å²) in [6.07, 6.45) is 3.34. The third-order valence-electron chi connectivity index (χ3n) is 4.24. The summed E-state index contributed by atoms with van der Waals surface area (Å²) in [5, 5.41) is 3.23. The molecule has 1 amide bonds. The van der Waals surface area contributed by atoms with Crippen LogP contribution >= 0.6 is 0 Å². The Hall–Kier alpha value is -2.39. The number of hydrogen-bond donors (Lipinski definition) is 1. The summed E-state index contributed by atoms with van der Waals surface area (Å²) in [5.41, 5.74) is 1.12. The van der Waals surface area contributed by atoms with Crippen LogP contribution in [0.25, 0.3) is 0 Å². The molecule has 2 aromatic rings. The Morgan fingerprint density at radius 2 is 1.96 bits per heavy atom. The average molecular weight is 381 g/mol. The van der Waals surface area contributed by atoms with Crippen LogP contribution in [0.3, 0.4) is 0 Å². The van der Waals surface area contributed by atoms with Gasteiger partial charge in [-0.05, 0) is 35.9 Å². The first-order valence-electron chi connectivity index (χ1n) is 7.95. The van der Waals surface area contributed by atoms with Crippen molar-refractivity contribution in [3.8, 4) is 0 Å². The molecule has 0 spiro atoms. The van der Waals surface area contributed by atoms with Crippen LogP contribution in [0.4, 0.5) is 8.78 Å². The lowest BCUT2D eigenvalue weighted by molar-refractivity contribution is 0.0634. The van der Waals surface area contributed by atoms with E-state index in [4.69, 9.17) is 0 Å². The molecule has 1 aromatic heterocycles. The van der Waals surface area contributed by atoms with Gasteiger partial charge in [-0.25, -0.2) is 8.42 Å². The van der Waals surface area contributed by atoms with E-state index < -0.39 is 20.5 Å². The molecule has 0 bridgehead atoms. The van der Waals surface area contributed by atoms with Gasteiger partial charge in [-0.1, -0.05) is 6.07 Å². The average Bonchev–Trinajstić information content (AvgIpc) is 2.68. The molecule has 1 aliphatic heterocycles. The molecule has 1 aliphatic rings. The zero-order chi connectivity index (χ0) is 18.7. The molecule has 3 rings (SSSR count). The van der Waals surface area contributed by atoms with Gasteiger partial charge in [-0.2, -0.15) is 8.78 Å². The summed E-state index contributed by atoms with van der Waals surface area (Å²) in [4.78, 5) is 18.1. The van der Waals surface area contributed by atoms with Gasteiger partial charge in [0.1, 0.15) is 0 Å². The van der Waals surface area contributed by atoms with Crippen molar-refractivity contribution in [2.45, 2.75) is 16.7 Å². The number of alkyl halides is 2. The van der Waals surface area contributed by atoms with E-state index in [2.05, 4.69) is 10.3 Å². The van der Waals surface area contributed by atoms with Crippen LogP contribution in [-0.4, -0.2) is 49.6 Å². The molecular weight excluding hydrogens is 364 g/mol. The molecule has 0 radical (unpaired) electrons. The summed E-state index contributed by atoms with van der Waals surface area (Å²) in [7, 11) is -4.67. The van der Waals surface area contributed by atoms with Crippen LogP contribution in [0.5, 0.6) is 0 Å². The SMILES string of the molecule is O=C(c1ccc(S(=O)(=O)C(F)F)cc1)N1CCNCC1c1cccnc1. The molecule has 9 heteroatoms. The first-order chi connectivity index (χ1) is 12.4. The van der Waals surface area contributed by atoms with E-state index in [1.807, 2.05) is 6.07 Å². The minimum Gasteiger partial charge on any atom is -0.329 e. The largest absolute Gasteiger partial charge is 0.341 e. The Kier molecular flexibility index (Phi) is 5.28. The van der Waals surface area contributed by atoms with Gasteiger partial charge >= 0.3 is 5.76 Å². The molecule has 0 aliphatic carbocycles. The molecular formula is C17H17F2N3O3S. The van der Waals surface area contributed by atoms with Crippen molar-refractivity contribution < 1.29 is 22.0 Å². The maximum atomic E-state index is 12.9. The maximum absolute atomic E-state index is 12.9. The van der Waals surface area contributed by atoms with Crippen LogP contribution in [-0.2, 0) is 9.84 Å². The van der Waals surface area contributed by atoms with Gasteiger partial charge in [0.25, 0.3) is 5.91 Å². The number of aromatic nitrogens is 1. The normalized spacial score (nSPS) is 18.1. The van der Waals surface area contributed by atoms with Gasteiger partial charge in [0.15, 0.2) is 0 Å². The number of pyridine rings is 1. The van der Waals surface area contributed by atoms with Crippen LogP contribution in [0.1, 0.15) is 22.0 Å². The Balaban J connectivity index is 1.86. The number of hydrogen-bond acceptors (Lipinski definition) is 5. The number of carbonyl (C=O) groups is 1. The lowest BCUT2D eigenvalue weighted by Crippen LogP contribution is -2.48. The van der Waals surface area contributed by atoms with Crippen molar-refractivity contribution in [2.75, 3.05) is 19.6 Å². The minimum absolute atomic E-state index is 0.213. The summed E-state index contributed by atoms with van der Waals surface area (Å²) < 4.78 is 48.2. The van der Waals surface area contributed by atoms with Crippen LogP contribution in [0.2, 0.25) is 0 Å². The molecule has 1 saturated heterocycles. The molecule has 2 heterocycles. The van der Waals surface area contributed by atoms with Gasteiger partial charge in [-0.3, -0.25) is 9.78 Å². The Labute approximate surface area is 149 Å². The van der Waals surface area contributed by atoms with Gasteiger partial charge in [0.05, 0.1) is 10.9 Å². The third kappa shape index (κ3) is 3.58. The number of carbonyl (C=O) groups excluding carboxylic acids is 1. The van der Waals surface area contributed by atoms with E-state index in [0.717, 1.165) is 17.7 Å². The molecule has 138 valence electrons. The van der Waals surface area contributed by atoms with Crippen molar-refractivity contribution in [3.05, 3.63) is 59.9 Å². The fourth-order valence-electron chi connectivity index (χ4n) is 2.87. The summed E-state index contributed by atoms with van der Waals surface area (Å²) in [6.45, 7) is 1.66. The number of nitrogens with one attached hydrogen (secondary N) is 1. The van der Waals surface area contributed by atoms with Gasteiger partial charge in [0.2, 0.25) is 9.84 Å². The zero-order valence-corrected chi connectivity index (χ0v) is 14.5. The number of rotatable bonds is 4. The molecule has 1 N–H and O–H groups in total. The molecule has 6 nitrogen and oxygen atoms in total. The van der Waals surface area contributed by atoms with Crippen molar-refractivity contribution in [1.82, 2.24) is 15.2 Å². The Morgan fingerprint density at radius 1 is 1.23 bits per heavy atom. The number of amides is 1. The predicted molar refractivity (Wildman–Crippen MR) is 90.5 cm³/mol. The van der Waals surface area contributed by atoms with E-state index in [1.54, 1.807) is 23.4 Å². The maximum Gasteiger partial charge on any atom is 0.341 e. The van der Waals surface area contributed by atoms with Crippen LogP contribution < -0.4 is 5.32 Å². The standard InChI is InChI=1S/C17H17F2N3O3S/c18-17(19)26(24,25)14-5-3-12(4-6-14)16(23)22-9-8-21-11-15(22)13-2-1-7-20-10-13/h1-7,10,15,17,21H,8-9,11H2. The van der Waals surface area contributed by atoms with E-state index in [1.165, 1.54) is 12.1 Å². The number of halogens is 2. The number of nitrogens with zero attached hydrogens (tertiary/aromatic N) is 2. The highest BCUT2D eigenvalue weighted by Gasteiger charge is 2.30. The number of benzene rings is 1. The van der Waals surface area contributed by atoms with Crippen molar-refractivity contribution >= 4 is 15.7 Å².